The van der Waals surface area contributed by atoms with Crippen molar-refractivity contribution in [3.05, 3.63) is 83.7 Å². The average molecular weight is 411 g/mol. The van der Waals surface area contributed by atoms with Crippen molar-refractivity contribution in [3.63, 3.8) is 0 Å². The summed E-state index contributed by atoms with van der Waals surface area (Å²) >= 11 is 0. The molecule has 0 bridgehead atoms. The summed E-state index contributed by atoms with van der Waals surface area (Å²) in [5.74, 6) is -1.18. The van der Waals surface area contributed by atoms with Crippen LogP contribution in [0, 0.1) is 11.6 Å². The number of anilines is 1. The predicted octanol–water partition coefficient (Wildman–Crippen LogP) is 4.61. The van der Waals surface area contributed by atoms with Crippen LogP contribution in [0.5, 0.6) is 11.5 Å². The van der Waals surface area contributed by atoms with Gasteiger partial charge in [0, 0.05) is 29.7 Å². The van der Waals surface area contributed by atoms with Gasteiger partial charge in [0.1, 0.15) is 11.6 Å². The zero-order chi connectivity index (χ0) is 21.5. The summed E-state index contributed by atoms with van der Waals surface area (Å²) in [5.41, 5.74) is 1.53. The minimum atomic E-state index is -0.808. The summed E-state index contributed by atoms with van der Waals surface area (Å²) in [5, 5.41) is 4.52. The molecular formula is C22H19F2N3O3. The van der Waals surface area contributed by atoms with Crippen LogP contribution in [0.4, 0.5) is 19.3 Å². The Hall–Kier alpha value is -3.81. The summed E-state index contributed by atoms with van der Waals surface area (Å²) in [7, 11) is 0. The van der Waals surface area contributed by atoms with E-state index in [0.717, 1.165) is 11.6 Å². The van der Waals surface area contributed by atoms with Gasteiger partial charge in [-0.2, -0.15) is 0 Å². The Morgan fingerprint density at radius 2 is 1.80 bits per heavy atom. The second-order valence-corrected chi connectivity index (χ2v) is 6.39. The Morgan fingerprint density at radius 3 is 2.50 bits per heavy atom. The molecule has 0 aliphatic carbocycles. The molecule has 0 unspecified atom stereocenters. The lowest BCUT2D eigenvalue weighted by atomic mass is 10.1. The number of pyridine rings is 1. The second-order valence-electron chi connectivity index (χ2n) is 6.39. The van der Waals surface area contributed by atoms with E-state index in [9.17, 15) is 18.4 Å². The Kier molecular flexibility index (Phi) is 6.69. The number of aryl methyl sites for hydroxylation is 1. The highest BCUT2D eigenvalue weighted by atomic mass is 19.1. The van der Waals surface area contributed by atoms with Gasteiger partial charge in [0.2, 0.25) is 5.91 Å². The molecule has 0 aliphatic heterocycles. The molecule has 8 heteroatoms. The van der Waals surface area contributed by atoms with Crippen LogP contribution in [-0.2, 0) is 17.6 Å². The van der Waals surface area contributed by atoms with E-state index in [1.54, 1.807) is 18.5 Å². The lowest BCUT2D eigenvalue weighted by molar-refractivity contribution is -0.119. The molecule has 0 saturated heterocycles. The fourth-order valence-corrected chi connectivity index (χ4v) is 2.68. The molecule has 0 fully saturated rings. The largest absolute Gasteiger partial charge is 0.454 e. The smallest absolute Gasteiger partial charge is 0.325 e. The maximum Gasteiger partial charge on any atom is 0.325 e. The highest BCUT2D eigenvalue weighted by Crippen LogP contribution is 2.28. The number of imide groups is 1. The molecule has 0 spiro atoms. The lowest BCUT2D eigenvalue weighted by Gasteiger charge is -2.12. The number of rotatable bonds is 6. The van der Waals surface area contributed by atoms with Crippen molar-refractivity contribution in [2.45, 2.75) is 19.8 Å². The normalized spacial score (nSPS) is 10.4. The van der Waals surface area contributed by atoms with Crippen molar-refractivity contribution in [3.8, 4) is 11.5 Å². The summed E-state index contributed by atoms with van der Waals surface area (Å²) in [4.78, 5) is 27.9. The number of halogens is 2. The van der Waals surface area contributed by atoms with Gasteiger partial charge in [-0.05, 0) is 42.3 Å². The van der Waals surface area contributed by atoms with E-state index >= 15 is 0 Å². The van der Waals surface area contributed by atoms with E-state index in [1.165, 1.54) is 36.4 Å². The van der Waals surface area contributed by atoms with Gasteiger partial charge in [-0.15, -0.1) is 0 Å². The molecular weight excluding hydrogens is 392 g/mol. The molecule has 0 radical (unpaired) electrons. The van der Waals surface area contributed by atoms with Gasteiger partial charge in [-0.3, -0.25) is 15.1 Å². The second kappa shape index (κ2) is 9.60. The van der Waals surface area contributed by atoms with E-state index in [0.29, 0.717) is 17.7 Å². The van der Waals surface area contributed by atoms with Crippen molar-refractivity contribution < 1.29 is 23.1 Å². The molecule has 2 aromatic carbocycles. The summed E-state index contributed by atoms with van der Waals surface area (Å²) in [6.45, 7) is 1.93. The zero-order valence-electron chi connectivity index (χ0n) is 16.1. The van der Waals surface area contributed by atoms with Crippen molar-refractivity contribution >= 4 is 17.6 Å². The number of hydrogen-bond acceptors (Lipinski definition) is 4. The third-order valence-corrected chi connectivity index (χ3v) is 4.18. The van der Waals surface area contributed by atoms with Gasteiger partial charge < -0.3 is 10.1 Å². The van der Waals surface area contributed by atoms with Crippen LogP contribution in [0.3, 0.4) is 0 Å². The maximum absolute atomic E-state index is 14.4. The molecule has 0 atom stereocenters. The number of aromatic nitrogens is 1. The van der Waals surface area contributed by atoms with E-state index in [1.807, 2.05) is 6.92 Å². The van der Waals surface area contributed by atoms with Crippen molar-refractivity contribution in [2.75, 3.05) is 5.32 Å². The number of hydrogen-bond donors (Lipinski definition) is 2. The summed E-state index contributed by atoms with van der Waals surface area (Å²) < 4.78 is 32.9. The van der Waals surface area contributed by atoms with Crippen molar-refractivity contribution in [2.24, 2.45) is 0 Å². The Bertz CT molecular complexity index is 1060. The van der Waals surface area contributed by atoms with Gasteiger partial charge in [0.15, 0.2) is 11.6 Å². The molecule has 0 saturated carbocycles. The molecule has 0 aliphatic rings. The van der Waals surface area contributed by atoms with E-state index < -0.39 is 23.6 Å². The van der Waals surface area contributed by atoms with Crippen LogP contribution in [0.25, 0.3) is 0 Å². The maximum atomic E-state index is 14.4. The third kappa shape index (κ3) is 5.60. The molecule has 1 aromatic heterocycles. The molecule has 3 amide bonds. The van der Waals surface area contributed by atoms with Gasteiger partial charge in [-0.25, -0.2) is 13.6 Å². The first-order valence-electron chi connectivity index (χ1n) is 9.20. The van der Waals surface area contributed by atoms with Gasteiger partial charge in [0.25, 0.3) is 0 Å². The van der Waals surface area contributed by atoms with Crippen LogP contribution in [0.1, 0.15) is 18.1 Å². The number of amides is 3. The molecule has 6 nitrogen and oxygen atoms in total. The Labute approximate surface area is 171 Å². The molecule has 1 heterocycles. The first kappa shape index (κ1) is 20.9. The minimum Gasteiger partial charge on any atom is -0.454 e. The quantitative estimate of drug-likeness (QED) is 0.621. The molecule has 154 valence electrons. The lowest BCUT2D eigenvalue weighted by Crippen LogP contribution is -2.35. The van der Waals surface area contributed by atoms with Crippen LogP contribution in [0.2, 0.25) is 0 Å². The number of ether oxygens (including phenoxy) is 1. The van der Waals surface area contributed by atoms with Crippen LogP contribution in [-0.4, -0.2) is 16.9 Å². The Morgan fingerprint density at radius 1 is 1.03 bits per heavy atom. The van der Waals surface area contributed by atoms with E-state index in [-0.39, 0.29) is 17.9 Å². The molecule has 3 rings (SSSR count). The minimum absolute atomic E-state index is 0.00533. The van der Waals surface area contributed by atoms with Crippen LogP contribution in [0.15, 0.2) is 60.9 Å². The topological polar surface area (TPSA) is 80.3 Å². The first-order chi connectivity index (χ1) is 14.4. The zero-order valence-corrected chi connectivity index (χ0v) is 16.1. The number of nitrogens with one attached hydrogen (secondary N) is 2. The SMILES string of the molecule is CCc1cnccc1Oc1ccc(NC(=O)NC(=O)Cc2ccc(F)cc2)cc1F. The predicted molar refractivity (Wildman–Crippen MR) is 107 cm³/mol. The molecule has 2 N–H and O–H groups in total. The van der Waals surface area contributed by atoms with E-state index in [2.05, 4.69) is 15.6 Å². The molecule has 3 aromatic rings. The third-order valence-electron chi connectivity index (χ3n) is 4.18. The number of benzene rings is 2. The fraction of sp³-hybridized carbons (Fsp3) is 0.136. The highest BCUT2D eigenvalue weighted by Gasteiger charge is 2.12. The van der Waals surface area contributed by atoms with Crippen molar-refractivity contribution in [1.82, 2.24) is 10.3 Å². The first-order valence-corrected chi connectivity index (χ1v) is 9.20. The Balaban J connectivity index is 1.58. The van der Waals surface area contributed by atoms with Crippen LogP contribution >= 0.6 is 0 Å². The standard InChI is InChI=1S/C22H19F2N3O3/c1-2-15-13-25-10-9-19(15)30-20-8-7-17(12-18(20)24)26-22(29)27-21(28)11-14-3-5-16(23)6-4-14/h3-10,12-13H,2,11H2,1H3,(H2,26,27,28,29). The summed E-state index contributed by atoms with van der Waals surface area (Å²) in [6.07, 6.45) is 3.78. The van der Waals surface area contributed by atoms with E-state index in [4.69, 9.17) is 4.74 Å². The number of carbonyl (C=O) groups excluding carboxylic acids is 2. The molecule has 30 heavy (non-hydrogen) atoms. The van der Waals surface area contributed by atoms with Crippen LogP contribution < -0.4 is 15.4 Å². The number of urea groups is 1. The summed E-state index contributed by atoms with van der Waals surface area (Å²) in [6, 6.07) is 10.1. The monoisotopic (exact) mass is 411 g/mol. The average Bonchev–Trinajstić information content (AvgIpc) is 2.72. The highest BCUT2D eigenvalue weighted by molar-refractivity contribution is 6.01. The number of nitrogens with zero attached hydrogens (tertiary/aromatic N) is 1. The van der Waals surface area contributed by atoms with Gasteiger partial charge >= 0.3 is 6.03 Å². The van der Waals surface area contributed by atoms with Crippen molar-refractivity contribution in [1.29, 1.82) is 0 Å². The van der Waals surface area contributed by atoms with Gasteiger partial charge in [-0.1, -0.05) is 19.1 Å². The number of carbonyl (C=O) groups is 2. The fourth-order valence-electron chi connectivity index (χ4n) is 2.68. The van der Waals surface area contributed by atoms with Gasteiger partial charge in [0.05, 0.1) is 6.42 Å².